The third kappa shape index (κ3) is 8.04. The summed E-state index contributed by atoms with van der Waals surface area (Å²) in [4.78, 5) is 2.37. The van der Waals surface area contributed by atoms with E-state index in [0.29, 0.717) is 0 Å². The van der Waals surface area contributed by atoms with Gasteiger partial charge in [0.2, 0.25) is 0 Å². The molecule has 3 nitrogen and oxygen atoms in total. The van der Waals surface area contributed by atoms with Crippen LogP contribution in [0.3, 0.4) is 0 Å². The Bertz CT molecular complexity index is 5310. The molecule has 15 aromatic carbocycles. The molecule has 0 amide bonds. The standard InChI is InChI=1S/C82H53N3/c1-4-17-54(18-5-1)59-35-45-79-74(49-59)75-50-60(55-19-6-2-7-20-55)36-46-80(75)84(79)65-41-33-57(34-42-65)62-38-48-82-77(52-62)76-51-61(56-31-39-64(40-32-56)83(63-23-8-3-9-24-63)78-30-16-22-58-21-10-11-25-67(58)78)37-47-81(76)85(82)66-43-44-72-70-28-13-12-26-68(70)69-27-14-15-29-71(69)73(72)53-66/h1-53H. The molecule has 2 heterocycles. The highest BCUT2D eigenvalue weighted by Gasteiger charge is 2.20. The van der Waals surface area contributed by atoms with Crippen molar-refractivity contribution in [1.29, 1.82) is 0 Å². The summed E-state index contributed by atoms with van der Waals surface area (Å²) in [6.45, 7) is 0. The van der Waals surface area contributed by atoms with Crippen LogP contribution in [0.2, 0.25) is 0 Å². The van der Waals surface area contributed by atoms with Crippen molar-refractivity contribution in [2.24, 2.45) is 0 Å². The van der Waals surface area contributed by atoms with Crippen LogP contribution in [0.15, 0.2) is 322 Å². The Morgan fingerprint density at radius 3 is 1.02 bits per heavy atom. The Hall–Kier alpha value is -11.3. The Labute approximate surface area is 492 Å². The third-order valence-corrected chi connectivity index (χ3v) is 17.7. The molecule has 0 radical (unpaired) electrons. The molecule has 0 bridgehead atoms. The summed E-state index contributed by atoms with van der Waals surface area (Å²) in [7, 11) is 0. The second kappa shape index (κ2) is 19.7. The lowest BCUT2D eigenvalue weighted by molar-refractivity contribution is 1.18. The fraction of sp³-hybridized carbons (Fsp3) is 0. The van der Waals surface area contributed by atoms with Gasteiger partial charge in [-0.3, -0.25) is 0 Å². The van der Waals surface area contributed by atoms with Gasteiger partial charge in [-0.2, -0.15) is 0 Å². The maximum absolute atomic E-state index is 2.48. The zero-order chi connectivity index (χ0) is 56.0. The van der Waals surface area contributed by atoms with Crippen LogP contribution < -0.4 is 4.90 Å². The number of anilines is 3. The lowest BCUT2D eigenvalue weighted by atomic mass is 9.94. The van der Waals surface area contributed by atoms with Gasteiger partial charge in [-0.1, -0.05) is 218 Å². The van der Waals surface area contributed by atoms with Crippen LogP contribution in [0.4, 0.5) is 17.1 Å². The van der Waals surface area contributed by atoms with Crippen molar-refractivity contribution < 1.29 is 0 Å². The first kappa shape index (κ1) is 48.4. The molecule has 396 valence electrons. The van der Waals surface area contributed by atoms with E-state index in [-0.39, 0.29) is 0 Å². The summed E-state index contributed by atoms with van der Waals surface area (Å²) in [6.07, 6.45) is 0. The number of nitrogens with zero attached hydrogens (tertiary/aromatic N) is 3. The molecule has 0 fully saturated rings. The van der Waals surface area contributed by atoms with E-state index in [4.69, 9.17) is 0 Å². The van der Waals surface area contributed by atoms with Gasteiger partial charge in [0.05, 0.1) is 27.8 Å². The van der Waals surface area contributed by atoms with Gasteiger partial charge < -0.3 is 14.0 Å². The van der Waals surface area contributed by atoms with Crippen LogP contribution in [-0.2, 0) is 0 Å². The molecule has 0 unspecified atom stereocenters. The molecule has 2 aromatic heterocycles. The van der Waals surface area contributed by atoms with E-state index in [9.17, 15) is 0 Å². The van der Waals surface area contributed by atoms with E-state index in [1.807, 2.05) is 0 Å². The first-order valence-electron chi connectivity index (χ1n) is 29.3. The fourth-order valence-electron chi connectivity index (χ4n) is 13.6. The van der Waals surface area contributed by atoms with Crippen molar-refractivity contribution in [3.63, 3.8) is 0 Å². The second-order valence-electron chi connectivity index (χ2n) is 22.4. The molecular weight excluding hydrogens is 1030 g/mol. The van der Waals surface area contributed by atoms with Gasteiger partial charge in [0, 0.05) is 49.7 Å². The normalized spacial score (nSPS) is 11.8. The molecule has 17 rings (SSSR count). The van der Waals surface area contributed by atoms with Gasteiger partial charge >= 0.3 is 0 Å². The fourth-order valence-corrected chi connectivity index (χ4v) is 13.6. The van der Waals surface area contributed by atoms with E-state index in [1.165, 1.54) is 109 Å². The van der Waals surface area contributed by atoms with Crippen LogP contribution in [-0.4, -0.2) is 9.13 Å². The number of rotatable bonds is 9. The number of aromatic nitrogens is 2. The molecule has 0 aliphatic heterocycles. The topological polar surface area (TPSA) is 13.1 Å². The maximum Gasteiger partial charge on any atom is 0.0541 e. The summed E-state index contributed by atoms with van der Waals surface area (Å²) >= 11 is 0. The summed E-state index contributed by atoms with van der Waals surface area (Å²) in [5, 5.41) is 14.9. The lowest BCUT2D eigenvalue weighted by Crippen LogP contribution is -2.10. The number of hydrogen-bond acceptors (Lipinski definition) is 1. The molecule has 85 heavy (non-hydrogen) atoms. The summed E-state index contributed by atoms with van der Waals surface area (Å²) in [6, 6.07) is 118. The Morgan fingerprint density at radius 2 is 0.529 bits per heavy atom. The largest absolute Gasteiger partial charge is 0.310 e. The first-order chi connectivity index (χ1) is 42.1. The van der Waals surface area contributed by atoms with Crippen molar-refractivity contribution in [1.82, 2.24) is 9.13 Å². The summed E-state index contributed by atoms with van der Waals surface area (Å²) < 4.78 is 4.91. The van der Waals surface area contributed by atoms with E-state index < -0.39 is 0 Å². The molecule has 0 aliphatic carbocycles. The van der Waals surface area contributed by atoms with E-state index >= 15 is 0 Å². The molecule has 0 aliphatic rings. The first-order valence-corrected chi connectivity index (χ1v) is 29.3. The van der Waals surface area contributed by atoms with Crippen molar-refractivity contribution in [3.05, 3.63) is 322 Å². The molecule has 0 saturated carbocycles. The van der Waals surface area contributed by atoms with Gasteiger partial charge in [0.1, 0.15) is 0 Å². The average molecular weight is 1080 g/mol. The molecule has 0 atom stereocenters. The van der Waals surface area contributed by atoms with Crippen LogP contribution in [0.25, 0.3) is 143 Å². The summed E-state index contributed by atoms with van der Waals surface area (Å²) in [5.74, 6) is 0. The smallest absolute Gasteiger partial charge is 0.0541 e. The van der Waals surface area contributed by atoms with Gasteiger partial charge in [0.25, 0.3) is 0 Å². The van der Waals surface area contributed by atoms with Gasteiger partial charge in [-0.15, -0.1) is 0 Å². The zero-order valence-electron chi connectivity index (χ0n) is 46.4. The maximum atomic E-state index is 2.48. The zero-order valence-corrected chi connectivity index (χ0v) is 46.4. The highest BCUT2D eigenvalue weighted by atomic mass is 15.1. The quantitative estimate of drug-likeness (QED) is 0.131. The molecule has 17 aromatic rings. The van der Waals surface area contributed by atoms with Gasteiger partial charge in [-0.05, 0) is 185 Å². The van der Waals surface area contributed by atoms with Crippen LogP contribution >= 0.6 is 0 Å². The Kier molecular flexibility index (Phi) is 11.2. The predicted octanol–water partition coefficient (Wildman–Crippen LogP) is 22.6. The number of fused-ring (bicyclic) bond motifs is 13. The Morgan fingerprint density at radius 1 is 0.188 bits per heavy atom. The summed E-state index contributed by atoms with van der Waals surface area (Å²) in [5.41, 5.74) is 19.8. The number of benzene rings is 15. The molecular formula is C82H53N3. The number of para-hydroxylation sites is 1. The molecule has 0 spiro atoms. The SMILES string of the molecule is c1ccc(-c2ccc3c(c2)c2cc(-c4ccccc4)ccc2n3-c2ccc(-c3ccc4c(c3)c3cc(-c5ccc(N(c6ccccc6)c6cccc7ccccc67)cc5)ccc3n4-c3ccc4c5ccccc5c5ccccc5c4c3)cc2)cc1. The van der Waals surface area contributed by atoms with Crippen molar-refractivity contribution in [2.45, 2.75) is 0 Å². The minimum absolute atomic E-state index is 1.10. The molecule has 3 heteroatoms. The van der Waals surface area contributed by atoms with Crippen molar-refractivity contribution in [3.8, 4) is 55.9 Å². The van der Waals surface area contributed by atoms with E-state index in [0.717, 1.165) is 50.6 Å². The minimum atomic E-state index is 1.10. The highest BCUT2D eigenvalue weighted by molar-refractivity contribution is 6.26. The van der Waals surface area contributed by atoms with E-state index in [1.54, 1.807) is 0 Å². The number of hydrogen-bond donors (Lipinski definition) is 0. The van der Waals surface area contributed by atoms with Gasteiger partial charge in [-0.25, -0.2) is 0 Å². The average Bonchev–Trinajstić information content (AvgIpc) is 2.13. The molecule has 0 saturated heterocycles. The third-order valence-electron chi connectivity index (χ3n) is 17.7. The minimum Gasteiger partial charge on any atom is -0.310 e. The highest BCUT2D eigenvalue weighted by Crippen LogP contribution is 2.44. The van der Waals surface area contributed by atoms with Gasteiger partial charge in [0.15, 0.2) is 0 Å². The Balaban J connectivity index is 0.807. The monoisotopic (exact) mass is 1080 g/mol. The predicted molar refractivity (Wildman–Crippen MR) is 362 cm³/mol. The van der Waals surface area contributed by atoms with Crippen LogP contribution in [0.1, 0.15) is 0 Å². The molecule has 0 N–H and O–H groups in total. The van der Waals surface area contributed by atoms with Crippen molar-refractivity contribution in [2.75, 3.05) is 4.90 Å². The second-order valence-corrected chi connectivity index (χ2v) is 22.4. The van der Waals surface area contributed by atoms with Crippen molar-refractivity contribution >= 4 is 104 Å². The van der Waals surface area contributed by atoms with Crippen LogP contribution in [0.5, 0.6) is 0 Å². The van der Waals surface area contributed by atoms with Crippen LogP contribution in [0, 0.1) is 0 Å². The van der Waals surface area contributed by atoms with E-state index in [2.05, 4.69) is 336 Å². The lowest BCUT2D eigenvalue weighted by Gasteiger charge is -2.27.